The molecule has 0 aliphatic rings. The lowest BCUT2D eigenvalue weighted by molar-refractivity contribution is 0.497. The molecule has 0 amide bonds. The first-order valence-corrected chi connectivity index (χ1v) is 7.32. The average Bonchev–Trinajstić information content (AvgIpc) is 2.45. The summed E-state index contributed by atoms with van der Waals surface area (Å²) < 4.78 is 27.1. The van der Waals surface area contributed by atoms with Crippen molar-refractivity contribution in [3.8, 4) is 0 Å². The second-order valence-electron chi connectivity index (χ2n) is 4.64. The topological polar surface area (TPSA) is 12.0 Å². The van der Waals surface area contributed by atoms with Crippen molar-refractivity contribution < 1.29 is 8.78 Å². The van der Waals surface area contributed by atoms with Gasteiger partial charge in [0, 0.05) is 17.1 Å². The van der Waals surface area contributed by atoms with Gasteiger partial charge < -0.3 is 5.32 Å². The highest BCUT2D eigenvalue weighted by molar-refractivity contribution is 9.10. The van der Waals surface area contributed by atoms with Gasteiger partial charge in [0.25, 0.3) is 0 Å². The summed E-state index contributed by atoms with van der Waals surface area (Å²) in [6.07, 6.45) is 0.922. The fourth-order valence-corrected chi connectivity index (χ4v) is 2.35. The van der Waals surface area contributed by atoms with Gasteiger partial charge in [-0.05, 0) is 41.8 Å². The molecular weight excluding hydrogens is 324 g/mol. The van der Waals surface area contributed by atoms with E-state index in [1.165, 1.54) is 11.6 Å². The van der Waals surface area contributed by atoms with Crippen LogP contribution in [0.4, 0.5) is 8.78 Å². The van der Waals surface area contributed by atoms with Crippen LogP contribution in [0.5, 0.6) is 0 Å². The van der Waals surface area contributed by atoms with Gasteiger partial charge in [0.1, 0.15) is 0 Å². The predicted molar refractivity (Wildman–Crippen MR) is 80.4 cm³/mol. The smallest absolute Gasteiger partial charge is 0.159 e. The van der Waals surface area contributed by atoms with Crippen molar-refractivity contribution in [1.29, 1.82) is 0 Å². The Kier molecular flexibility index (Phi) is 5.26. The Bertz CT molecular complexity index is 569. The molecule has 0 aliphatic heterocycles. The standard InChI is InChI=1S/C16H16BrF2N/c1-2-16(12-4-6-13(17)7-5-12)20-10-11-3-8-14(18)15(19)9-11/h3-9,16,20H,2,10H2,1H3. The molecule has 2 aromatic carbocycles. The first-order chi connectivity index (χ1) is 9.60. The third-order valence-corrected chi connectivity index (χ3v) is 3.75. The average molecular weight is 340 g/mol. The zero-order chi connectivity index (χ0) is 14.5. The molecular formula is C16H16BrF2N. The molecule has 1 atom stereocenters. The number of benzene rings is 2. The molecule has 1 N–H and O–H groups in total. The fourth-order valence-electron chi connectivity index (χ4n) is 2.08. The molecule has 0 saturated heterocycles. The van der Waals surface area contributed by atoms with E-state index in [9.17, 15) is 8.78 Å². The SMILES string of the molecule is CCC(NCc1ccc(F)c(F)c1)c1ccc(Br)cc1. The highest BCUT2D eigenvalue weighted by atomic mass is 79.9. The van der Waals surface area contributed by atoms with Crippen LogP contribution < -0.4 is 5.32 Å². The molecule has 0 fully saturated rings. The van der Waals surface area contributed by atoms with Crippen LogP contribution >= 0.6 is 15.9 Å². The first-order valence-electron chi connectivity index (χ1n) is 6.53. The first kappa shape index (κ1) is 15.1. The zero-order valence-corrected chi connectivity index (χ0v) is 12.8. The molecule has 0 aliphatic carbocycles. The maximum atomic E-state index is 13.1. The quantitative estimate of drug-likeness (QED) is 0.810. The van der Waals surface area contributed by atoms with Gasteiger partial charge in [0.05, 0.1) is 0 Å². The van der Waals surface area contributed by atoms with E-state index in [1.54, 1.807) is 6.07 Å². The van der Waals surface area contributed by atoms with Crippen molar-refractivity contribution in [3.63, 3.8) is 0 Å². The molecule has 4 heteroatoms. The van der Waals surface area contributed by atoms with Gasteiger partial charge in [0.2, 0.25) is 0 Å². The Hall–Kier alpha value is -1.26. The van der Waals surface area contributed by atoms with Crippen LogP contribution in [0.2, 0.25) is 0 Å². The molecule has 0 heterocycles. The molecule has 2 aromatic rings. The maximum Gasteiger partial charge on any atom is 0.159 e. The van der Waals surface area contributed by atoms with Crippen LogP contribution in [0, 0.1) is 11.6 Å². The van der Waals surface area contributed by atoms with E-state index in [0.717, 1.165) is 22.5 Å². The van der Waals surface area contributed by atoms with Gasteiger partial charge in [-0.15, -0.1) is 0 Å². The highest BCUT2D eigenvalue weighted by Gasteiger charge is 2.09. The van der Waals surface area contributed by atoms with E-state index in [-0.39, 0.29) is 6.04 Å². The summed E-state index contributed by atoms with van der Waals surface area (Å²) in [5.41, 5.74) is 1.91. The van der Waals surface area contributed by atoms with E-state index in [2.05, 4.69) is 40.3 Å². The lowest BCUT2D eigenvalue weighted by Crippen LogP contribution is -2.20. The summed E-state index contributed by atoms with van der Waals surface area (Å²) in [4.78, 5) is 0. The maximum absolute atomic E-state index is 13.1. The Morgan fingerprint density at radius 1 is 1.05 bits per heavy atom. The minimum atomic E-state index is -0.811. The third kappa shape index (κ3) is 3.87. The van der Waals surface area contributed by atoms with Crippen molar-refractivity contribution in [2.45, 2.75) is 25.9 Å². The van der Waals surface area contributed by atoms with Crippen molar-refractivity contribution in [2.75, 3.05) is 0 Å². The number of hydrogen-bond acceptors (Lipinski definition) is 1. The molecule has 0 spiro atoms. The highest BCUT2D eigenvalue weighted by Crippen LogP contribution is 2.20. The summed E-state index contributed by atoms with van der Waals surface area (Å²) >= 11 is 3.41. The van der Waals surface area contributed by atoms with Gasteiger partial charge in [-0.3, -0.25) is 0 Å². The number of rotatable bonds is 5. The predicted octanol–water partition coefficient (Wildman–Crippen LogP) is 4.97. The summed E-state index contributed by atoms with van der Waals surface area (Å²) in [6, 6.07) is 12.3. The molecule has 1 nitrogen and oxygen atoms in total. The summed E-state index contributed by atoms with van der Waals surface area (Å²) in [5.74, 6) is -1.62. The molecule has 0 radical (unpaired) electrons. The minimum absolute atomic E-state index is 0.191. The Morgan fingerprint density at radius 3 is 2.35 bits per heavy atom. The second kappa shape index (κ2) is 6.95. The monoisotopic (exact) mass is 339 g/mol. The zero-order valence-electron chi connectivity index (χ0n) is 11.2. The van der Waals surface area contributed by atoms with E-state index in [0.29, 0.717) is 6.54 Å². The number of hydrogen-bond donors (Lipinski definition) is 1. The van der Waals surface area contributed by atoms with Crippen molar-refractivity contribution in [3.05, 3.63) is 69.7 Å². The van der Waals surface area contributed by atoms with Crippen LogP contribution in [0.15, 0.2) is 46.9 Å². The van der Waals surface area contributed by atoms with Gasteiger partial charge in [-0.2, -0.15) is 0 Å². The molecule has 0 saturated carbocycles. The summed E-state index contributed by atoms with van der Waals surface area (Å²) in [5, 5.41) is 3.36. The van der Waals surface area contributed by atoms with E-state index >= 15 is 0 Å². The Morgan fingerprint density at radius 2 is 1.75 bits per heavy atom. The van der Waals surface area contributed by atoms with Gasteiger partial charge >= 0.3 is 0 Å². The molecule has 2 rings (SSSR count). The molecule has 1 unspecified atom stereocenters. The Balaban J connectivity index is 2.03. The second-order valence-corrected chi connectivity index (χ2v) is 5.56. The van der Waals surface area contributed by atoms with Crippen molar-refractivity contribution in [1.82, 2.24) is 5.32 Å². The number of halogens is 3. The van der Waals surface area contributed by atoms with E-state index in [1.807, 2.05) is 12.1 Å². The lowest BCUT2D eigenvalue weighted by atomic mass is 10.0. The normalized spacial score (nSPS) is 12.4. The van der Waals surface area contributed by atoms with Gasteiger partial charge in [-0.1, -0.05) is 41.1 Å². The van der Waals surface area contributed by atoms with E-state index in [4.69, 9.17) is 0 Å². The summed E-state index contributed by atoms with van der Waals surface area (Å²) in [7, 11) is 0. The van der Waals surface area contributed by atoms with Crippen LogP contribution in [0.25, 0.3) is 0 Å². The molecule has 0 bridgehead atoms. The minimum Gasteiger partial charge on any atom is -0.306 e. The van der Waals surface area contributed by atoms with Gasteiger partial charge in [-0.25, -0.2) is 8.78 Å². The van der Waals surface area contributed by atoms with Crippen LogP contribution in [0.1, 0.15) is 30.5 Å². The van der Waals surface area contributed by atoms with Crippen LogP contribution in [-0.2, 0) is 6.54 Å². The molecule has 106 valence electrons. The fraction of sp³-hybridized carbons (Fsp3) is 0.250. The largest absolute Gasteiger partial charge is 0.306 e. The summed E-state index contributed by atoms with van der Waals surface area (Å²) in [6.45, 7) is 2.59. The van der Waals surface area contributed by atoms with Gasteiger partial charge in [0.15, 0.2) is 11.6 Å². The van der Waals surface area contributed by atoms with Crippen LogP contribution in [-0.4, -0.2) is 0 Å². The molecule has 0 aromatic heterocycles. The van der Waals surface area contributed by atoms with Crippen molar-refractivity contribution in [2.24, 2.45) is 0 Å². The third-order valence-electron chi connectivity index (χ3n) is 3.22. The van der Waals surface area contributed by atoms with E-state index < -0.39 is 11.6 Å². The molecule has 20 heavy (non-hydrogen) atoms. The van der Waals surface area contributed by atoms with Crippen LogP contribution in [0.3, 0.4) is 0 Å². The van der Waals surface area contributed by atoms with Crippen molar-refractivity contribution >= 4 is 15.9 Å². The number of nitrogens with one attached hydrogen (secondary N) is 1. The Labute approximate surface area is 126 Å². The lowest BCUT2D eigenvalue weighted by Gasteiger charge is -2.17.